The number of aliphatic imine (C=N–C) groups is 1. The van der Waals surface area contributed by atoms with E-state index in [9.17, 15) is 4.79 Å². The van der Waals surface area contributed by atoms with Crippen LogP contribution in [0.2, 0.25) is 0 Å². The molecule has 1 fully saturated rings. The minimum Gasteiger partial charge on any atom is -0.381 e. The molecular weight excluding hydrogens is 376 g/mol. The number of rotatable bonds is 12. The molecule has 6 heteroatoms. The van der Waals surface area contributed by atoms with E-state index in [-0.39, 0.29) is 11.3 Å². The van der Waals surface area contributed by atoms with Gasteiger partial charge >= 0.3 is 0 Å². The molecule has 2 N–H and O–H groups in total. The number of hydrogen-bond donors (Lipinski definition) is 2. The molecule has 0 heterocycles. The zero-order valence-corrected chi connectivity index (χ0v) is 19.1. The molecule has 1 aliphatic rings. The number of guanidine groups is 1. The molecule has 168 valence electrons. The molecule has 0 bridgehead atoms. The molecule has 2 rings (SSSR count). The average Bonchev–Trinajstić information content (AvgIpc) is 3.24. The number of nitrogens with one attached hydrogen (secondary N) is 2. The van der Waals surface area contributed by atoms with Crippen LogP contribution in [0.15, 0.2) is 35.3 Å². The second-order valence-electron chi connectivity index (χ2n) is 8.36. The van der Waals surface area contributed by atoms with E-state index in [4.69, 9.17) is 9.73 Å². The van der Waals surface area contributed by atoms with Crippen LogP contribution in [-0.2, 0) is 16.0 Å². The number of amides is 1. The zero-order chi connectivity index (χ0) is 21.7. The molecule has 1 aromatic carbocycles. The van der Waals surface area contributed by atoms with Crippen molar-refractivity contribution in [2.45, 2.75) is 51.9 Å². The van der Waals surface area contributed by atoms with Crippen LogP contribution in [0.3, 0.4) is 0 Å². The Morgan fingerprint density at radius 2 is 1.83 bits per heavy atom. The van der Waals surface area contributed by atoms with Crippen molar-refractivity contribution >= 4 is 11.9 Å². The van der Waals surface area contributed by atoms with Gasteiger partial charge in [-0.2, -0.15) is 0 Å². The molecule has 0 spiro atoms. The first-order chi connectivity index (χ1) is 14.6. The van der Waals surface area contributed by atoms with Gasteiger partial charge in [0.1, 0.15) is 0 Å². The van der Waals surface area contributed by atoms with Crippen LogP contribution in [0.25, 0.3) is 0 Å². The number of carbonyl (C=O) groups excluding carboxylic acids is 1. The fourth-order valence-electron chi connectivity index (χ4n) is 4.01. The molecule has 0 saturated heterocycles. The third-order valence-corrected chi connectivity index (χ3v) is 5.69. The van der Waals surface area contributed by atoms with Crippen molar-refractivity contribution in [2.75, 3.05) is 46.9 Å². The number of ether oxygens (including phenoxy) is 1. The van der Waals surface area contributed by atoms with Gasteiger partial charge in [0, 0.05) is 33.8 Å². The first-order valence-corrected chi connectivity index (χ1v) is 11.4. The minimum absolute atomic E-state index is 0.215. The smallest absolute Gasteiger partial charge is 0.230 e. The predicted molar refractivity (Wildman–Crippen MR) is 124 cm³/mol. The molecule has 0 radical (unpaired) electrons. The predicted octanol–water partition coefficient (Wildman–Crippen LogP) is 3.23. The van der Waals surface area contributed by atoms with Crippen molar-refractivity contribution in [3.8, 4) is 0 Å². The summed E-state index contributed by atoms with van der Waals surface area (Å²) < 4.78 is 5.75. The van der Waals surface area contributed by atoms with Gasteiger partial charge in [-0.05, 0) is 44.6 Å². The lowest BCUT2D eigenvalue weighted by Gasteiger charge is -2.29. The van der Waals surface area contributed by atoms with Crippen LogP contribution < -0.4 is 10.6 Å². The standard InChI is InChI=1S/C24H40N4O2/c1-4-25-23(27-20-24(15-8-9-16-24)22(29)28(2)3)26-17-10-11-18-30-19-14-21-12-6-5-7-13-21/h5-7,12-13H,4,8-11,14-20H2,1-3H3,(H2,25,26,27). The lowest BCUT2D eigenvalue weighted by atomic mass is 9.85. The normalized spacial score (nSPS) is 15.8. The Kier molecular flexibility index (Phi) is 10.7. The van der Waals surface area contributed by atoms with Crippen LogP contribution >= 0.6 is 0 Å². The van der Waals surface area contributed by atoms with Crippen molar-refractivity contribution in [3.05, 3.63) is 35.9 Å². The first kappa shape index (κ1) is 24.2. The summed E-state index contributed by atoms with van der Waals surface area (Å²) in [6, 6.07) is 10.4. The molecule has 6 nitrogen and oxygen atoms in total. The van der Waals surface area contributed by atoms with Crippen molar-refractivity contribution < 1.29 is 9.53 Å². The first-order valence-electron chi connectivity index (χ1n) is 11.4. The third kappa shape index (κ3) is 7.98. The highest BCUT2D eigenvalue weighted by atomic mass is 16.5. The van der Waals surface area contributed by atoms with E-state index in [2.05, 4.69) is 41.8 Å². The fourth-order valence-corrected chi connectivity index (χ4v) is 4.01. The van der Waals surface area contributed by atoms with Gasteiger partial charge in [0.05, 0.1) is 18.6 Å². The second-order valence-corrected chi connectivity index (χ2v) is 8.36. The van der Waals surface area contributed by atoms with Gasteiger partial charge in [-0.1, -0.05) is 43.2 Å². The van der Waals surface area contributed by atoms with E-state index in [0.29, 0.717) is 6.54 Å². The van der Waals surface area contributed by atoms with Crippen molar-refractivity contribution in [1.82, 2.24) is 15.5 Å². The fraction of sp³-hybridized carbons (Fsp3) is 0.667. The van der Waals surface area contributed by atoms with Gasteiger partial charge in [0.25, 0.3) is 0 Å². The van der Waals surface area contributed by atoms with Crippen molar-refractivity contribution in [3.63, 3.8) is 0 Å². The number of carbonyl (C=O) groups is 1. The summed E-state index contributed by atoms with van der Waals surface area (Å²) in [5, 5.41) is 6.71. The summed E-state index contributed by atoms with van der Waals surface area (Å²) >= 11 is 0. The number of hydrogen-bond acceptors (Lipinski definition) is 3. The summed E-state index contributed by atoms with van der Waals surface area (Å²) in [7, 11) is 3.69. The molecule has 1 amide bonds. The van der Waals surface area contributed by atoms with Crippen molar-refractivity contribution in [1.29, 1.82) is 0 Å². The number of benzene rings is 1. The lowest BCUT2D eigenvalue weighted by Crippen LogP contribution is -2.43. The molecule has 0 atom stereocenters. The Labute approximate surface area is 182 Å². The molecule has 0 aromatic heterocycles. The highest BCUT2D eigenvalue weighted by molar-refractivity contribution is 5.84. The van der Waals surface area contributed by atoms with E-state index in [1.165, 1.54) is 5.56 Å². The second kappa shape index (κ2) is 13.3. The Bertz CT molecular complexity index is 640. The summed E-state index contributed by atoms with van der Waals surface area (Å²) in [4.78, 5) is 19.2. The van der Waals surface area contributed by atoms with E-state index in [0.717, 1.165) is 77.2 Å². The Morgan fingerprint density at radius 1 is 1.10 bits per heavy atom. The van der Waals surface area contributed by atoms with Crippen LogP contribution in [0.4, 0.5) is 0 Å². The Balaban J connectivity index is 1.67. The van der Waals surface area contributed by atoms with Gasteiger partial charge in [-0.3, -0.25) is 9.79 Å². The summed E-state index contributed by atoms with van der Waals surface area (Å²) in [6.45, 7) is 5.83. The molecule has 1 aliphatic carbocycles. The van der Waals surface area contributed by atoms with Crippen LogP contribution in [-0.4, -0.2) is 63.7 Å². The van der Waals surface area contributed by atoms with Gasteiger partial charge in [0.15, 0.2) is 5.96 Å². The van der Waals surface area contributed by atoms with Gasteiger partial charge < -0.3 is 20.3 Å². The topological polar surface area (TPSA) is 66.0 Å². The monoisotopic (exact) mass is 416 g/mol. The van der Waals surface area contributed by atoms with E-state index in [1.807, 2.05) is 20.2 Å². The maximum atomic E-state index is 12.7. The van der Waals surface area contributed by atoms with Gasteiger partial charge in [0.2, 0.25) is 5.91 Å². The third-order valence-electron chi connectivity index (χ3n) is 5.69. The Hall–Kier alpha value is -2.08. The SMILES string of the molecule is CCNC(=NCC1(C(=O)N(C)C)CCCC1)NCCCCOCCc1ccccc1. The quantitative estimate of drug-likeness (QED) is 0.312. The molecule has 30 heavy (non-hydrogen) atoms. The largest absolute Gasteiger partial charge is 0.381 e. The maximum absolute atomic E-state index is 12.7. The van der Waals surface area contributed by atoms with Crippen LogP contribution in [0.1, 0.15) is 51.0 Å². The molecular formula is C24H40N4O2. The zero-order valence-electron chi connectivity index (χ0n) is 19.1. The Morgan fingerprint density at radius 3 is 2.50 bits per heavy atom. The van der Waals surface area contributed by atoms with Gasteiger partial charge in [-0.15, -0.1) is 0 Å². The highest BCUT2D eigenvalue weighted by Crippen LogP contribution is 2.39. The van der Waals surface area contributed by atoms with E-state index < -0.39 is 0 Å². The average molecular weight is 417 g/mol. The number of unbranched alkanes of at least 4 members (excludes halogenated alkanes) is 1. The molecule has 0 unspecified atom stereocenters. The van der Waals surface area contributed by atoms with Crippen LogP contribution in [0, 0.1) is 5.41 Å². The molecule has 1 aromatic rings. The maximum Gasteiger partial charge on any atom is 0.230 e. The van der Waals surface area contributed by atoms with E-state index >= 15 is 0 Å². The summed E-state index contributed by atoms with van der Waals surface area (Å²) in [6.07, 6.45) is 7.11. The molecule has 1 saturated carbocycles. The minimum atomic E-state index is -0.321. The molecule has 0 aliphatic heterocycles. The highest BCUT2D eigenvalue weighted by Gasteiger charge is 2.42. The van der Waals surface area contributed by atoms with Crippen molar-refractivity contribution in [2.24, 2.45) is 10.4 Å². The van der Waals surface area contributed by atoms with Crippen LogP contribution in [0.5, 0.6) is 0 Å². The number of nitrogens with zero attached hydrogens (tertiary/aromatic N) is 2. The summed E-state index contributed by atoms with van der Waals surface area (Å²) in [5.41, 5.74) is 0.997. The summed E-state index contributed by atoms with van der Waals surface area (Å²) in [5.74, 6) is 1.02. The van der Waals surface area contributed by atoms with Gasteiger partial charge in [-0.25, -0.2) is 0 Å². The lowest BCUT2D eigenvalue weighted by molar-refractivity contribution is -0.138. The van der Waals surface area contributed by atoms with E-state index in [1.54, 1.807) is 4.90 Å².